The Morgan fingerprint density at radius 3 is 2.84 bits per heavy atom. The van der Waals surface area contributed by atoms with Gasteiger partial charge in [0, 0.05) is 24.8 Å². The summed E-state index contributed by atoms with van der Waals surface area (Å²) in [6, 6.07) is 6.29. The number of nitrogen functional groups attached to an aromatic ring is 1. The molecule has 0 radical (unpaired) electrons. The first-order chi connectivity index (χ1) is 9.13. The topological polar surface area (TPSA) is 58.4 Å². The summed E-state index contributed by atoms with van der Waals surface area (Å²) in [6.45, 7) is 6.72. The number of benzene rings is 1. The third-order valence-corrected chi connectivity index (χ3v) is 3.72. The van der Waals surface area contributed by atoms with Crippen molar-refractivity contribution in [3.8, 4) is 0 Å². The highest BCUT2D eigenvalue weighted by Gasteiger charge is 2.27. The molecule has 0 aliphatic heterocycles. The molecule has 19 heavy (non-hydrogen) atoms. The van der Waals surface area contributed by atoms with Gasteiger partial charge in [-0.25, -0.2) is 0 Å². The van der Waals surface area contributed by atoms with Gasteiger partial charge in [0.05, 0.1) is 5.56 Å². The summed E-state index contributed by atoms with van der Waals surface area (Å²) >= 11 is 0. The van der Waals surface area contributed by atoms with Crippen LogP contribution in [0.4, 0.5) is 5.69 Å². The van der Waals surface area contributed by atoms with E-state index < -0.39 is 0 Å². The van der Waals surface area contributed by atoms with Gasteiger partial charge in [-0.15, -0.1) is 0 Å². The van der Waals surface area contributed by atoms with E-state index in [1.165, 1.54) is 12.8 Å². The molecular weight excluding hydrogens is 238 g/mol. The van der Waals surface area contributed by atoms with Crippen LogP contribution in [0.15, 0.2) is 18.2 Å². The molecule has 1 amide bonds. The fourth-order valence-corrected chi connectivity index (χ4v) is 2.33. The quantitative estimate of drug-likeness (QED) is 0.768. The van der Waals surface area contributed by atoms with Crippen LogP contribution in [-0.2, 0) is 0 Å². The first-order valence-electron chi connectivity index (χ1n) is 7.00. The average molecular weight is 261 g/mol. The minimum atomic E-state index is -0.0759. The second-order valence-electron chi connectivity index (χ2n) is 5.15. The minimum Gasteiger partial charge on any atom is -0.398 e. The van der Waals surface area contributed by atoms with E-state index in [4.69, 9.17) is 5.73 Å². The summed E-state index contributed by atoms with van der Waals surface area (Å²) in [5.74, 6) is -0.0759. The Hall–Kier alpha value is -1.55. The highest BCUT2D eigenvalue weighted by Crippen LogP contribution is 2.25. The maximum absolute atomic E-state index is 12.1. The first-order valence-corrected chi connectivity index (χ1v) is 7.00. The van der Waals surface area contributed by atoms with E-state index in [2.05, 4.69) is 17.1 Å². The lowest BCUT2D eigenvalue weighted by Gasteiger charge is -2.19. The number of aryl methyl sites for hydroxylation is 1. The second-order valence-corrected chi connectivity index (χ2v) is 5.15. The van der Waals surface area contributed by atoms with Crippen molar-refractivity contribution >= 4 is 11.6 Å². The molecule has 4 heteroatoms. The average Bonchev–Trinajstić information content (AvgIpc) is 3.22. The molecule has 1 aliphatic rings. The Kier molecular flexibility index (Phi) is 4.43. The van der Waals surface area contributed by atoms with Crippen LogP contribution in [0.1, 0.15) is 35.7 Å². The number of rotatable bonds is 6. The Bertz CT molecular complexity index is 455. The molecule has 2 rings (SSSR count). The zero-order valence-corrected chi connectivity index (χ0v) is 11.8. The lowest BCUT2D eigenvalue weighted by molar-refractivity contribution is 0.0949. The van der Waals surface area contributed by atoms with Crippen molar-refractivity contribution in [3.63, 3.8) is 0 Å². The van der Waals surface area contributed by atoms with Crippen LogP contribution in [0.5, 0.6) is 0 Å². The largest absolute Gasteiger partial charge is 0.398 e. The number of carbonyl (C=O) groups is 1. The van der Waals surface area contributed by atoms with E-state index >= 15 is 0 Å². The number of para-hydroxylation sites is 1. The van der Waals surface area contributed by atoms with Crippen molar-refractivity contribution in [3.05, 3.63) is 29.3 Å². The van der Waals surface area contributed by atoms with Gasteiger partial charge in [-0.3, -0.25) is 9.69 Å². The molecule has 0 aromatic heterocycles. The second kappa shape index (κ2) is 6.06. The van der Waals surface area contributed by atoms with Crippen LogP contribution < -0.4 is 11.1 Å². The normalized spacial score (nSPS) is 14.7. The standard InChI is InChI=1S/C15H23N3O/c1-3-18(12-7-8-12)10-9-17-15(19)13-6-4-5-11(2)14(13)16/h4-6,12H,3,7-10,16H2,1-2H3,(H,17,19). The van der Waals surface area contributed by atoms with Gasteiger partial charge >= 0.3 is 0 Å². The van der Waals surface area contributed by atoms with Crippen molar-refractivity contribution in [2.24, 2.45) is 0 Å². The van der Waals surface area contributed by atoms with Gasteiger partial charge in [0.25, 0.3) is 5.91 Å². The van der Waals surface area contributed by atoms with Crippen LogP contribution in [0.2, 0.25) is 0 Å². The first kappa shape index (κ1) is 13.9. The molecule has 1 aliphatic carbocycles. The monoisotopic (exact) mass is 261 g/mol. The number of hydrogen-bond donors (Lipinski definition) is 2. The molecule has 0 heterocycles. The van der Waals surface area contributed by atoms with Crippen molar-refractivity contribution < 1.29 is 4.79 Å². The minimum absolute atomic E-state index is 0.0759. The number of amides is 1. The van der Waals surface area contributed by atoms with E-state index in [9.17, 15) is 4.79 Å². The fourth-order valence-electron chi connectivity index (χ4n) is 2.33. The highest BCUT2D eigenvalue weighted by atomic mass is 16.1. The molecule has 3 N–H and O–H groups in total. The van der Waals surface area contributed by atoms with Crippen LogP contribution in [0.25, 0.3) is 0 Å². The Morgan fingerprint density at radius 1 is 1.47 bits per heavy atom. The number of carbonyl (C=O) groups excluding carboxylic acids is 1. The van der Waals surface area contributed by atoms with Gasteiger partial charge in [0.1, 0.15) is 0 Å². The SMILES string of the molecule is CCN(CCNC(=O)c1cccc(C)c1N)C1CC1. The van der Waals surface area contributed by atoms with Gasteiger partial charge in [-0.2, -0.15) is 0 Å². The molecule has 1 aromatic rings. The number of nitrogens with two attached hydrogens (primary N) is 1. The summed E-state index contributed by atoms with van der Waals surface area (Å²) in [5.41, 5.74) is 8.03. The molecule has 4 nitrogen and oxygen atoms in total. The molecule has 104 valence electrons. The highest BCUT2D eigenvalue weighted by molar-refractivity contribution is 5.99. The predicted molar refractivity (Wildman–Crippen MR) is 78.2 cm³/mol. The number of nitrogens with one attached hydrogen (secondary N) is 1. The lowest BCUT2D eigenvalue weighted by atomic mass is 10.1. The van der Waals surface area contributed by atoms with E-state index in [0.717, 1.165) is 24.7 Å². The maximum atomic E-state index is 12.1. The molecule has 1 aromatic carbocycles. The molecule has 1 saturated carbocycles. The third kappa shape index (κ3) is 3.47. The van der Waals surface area contributed by atoms with E-state index in [0.29, 0.717) is 17.8 Å². The van der Waals surface area contributed by atoms with Crippen molar-refractivity contribution in [2.75, 3.05) is 25.4 Å². The van der Waals surface area contributed by atoms with E-state index in [-0.39, 0.29) is 5.91 Å². The Morgan fingerprint density at radius 2 is 2.21 bits per heavy atom. The molecule has 0 bridgehead atoms. The number of hydrogen-bond acceptors (Lipinski definition) is 3. The fraction of sp³-hybridized carbons (Fsp3) is 0.533. The Labute approximate surface area is 115 Å². The molecular formula is C15H23N3O. The van der Waals surface area contributed by atoms with Crippen molar-refractivity contribution in [1.82, 2.24) is 10.2 Å². The van der Waals surface area contributed by atoms with Crippen molar-refractivity contribution in [1.29, 1.82) is 0 Å². The van der Waals surface area contributed by atoms with Crippen molar-refractivity contribution in [2.45, 2.75) is 32.7 Å². The summed E-state index contributed by atoms with van der Waals surface area (Å²) in [7, 11) is 0. The summed E-state index contributed by atoms with van der Waals surface area (Å²) in [6.07, 6.45) is 2.60. The number of anilines is 1. The van der Waals surface area contributed by atoms with Gasteiger partial charge in [-0.05, 0) is 37.9 Å². The molecule has 1 fully saturated rings. The van der Waals surface area contributed by atoms with E-state index in [1.54, 1.807) is 6.07 Å². The molecule has 0 unspecified atom stereocenters. The third-order valence-electron chi connectivity index (χ3n) is 3.72. The van der Waals surface area contributed by atoms with Gasteiger partial charge in [-0.1, -0.05) is 19.1 Å². The van der Waals surface area contributed by atoms with Gasteiger partial charge in [0.2, 0.25) is 0 Å². The number of likely N-dealkylation sites (N-methyl/N-ethyl adjacent to an activating group) is 1. The molecule has 0 saturated heterocycles. The summed E-state index contributed by atoms with van der Waals surface area (Å²) < 4.78 is 0. The number of nitrogens with zero attached hydrogens (tertiary/aromatic N) is 1. The van der Waals surface area contributed by atoms with Crippen LogP contribution in [0.3, 0.4) is 0 Å². The summed E-state index contributed by atoms with van der Waals surface area (Å²) in [5, 5.41) is 2.95. The van der Waals surface area contributed by atoms with Crippen LogP contribution in [0, 0.1) is 6.92 Å². The zero-order valence-electron chi connectivity index (χ0n) is 11.8. The zero-order chi connectivity index (χ0) is 13.8. The molecule has 0 atom stereocenters. The lowest BCUT2D eigenvalue weighted by Crippen LogP contribution is -2.36. The van der Waals surface area contributed by atoms with Gasteiger partial charge < -0.3 is 11.1 Å². The maximum Gasteiger partial charge on any atom is 0.253 e. The van der Waals surface area contributed by atoms with E-state index in [1.807, 2.05) is 19.1 Å². The summed E-state index contributed by atoms with van der Waals surface area (Å²) in [4.78, 5) is 14.5. The molecule has 0 spiro atoms. The smallest absolute Gasteiger partial charge is 0.253 e. The predicted octanol–water partition coefficient (Wildman–Crippen LogP) is 1.79. The van der Waals surface area contributed by atoms with Crippen LogP contribution >= 0.6 is 0 Å². The Balaban J connectivity index is 1.85. The van der Waals surface area contributed by atoms with Gasteiger partial charge in [0.15, 0.2) is 0 Å². The van der Waals surface area contributed by atoms with Crippen LogP contribution in [-0.4, -0.2) is 36.5 Å².